The third-order valence-electron chi connectivity index (χ3n) is 2.17. The summed E-state index contributed by atoms with van der Waals surface area (Å²) in [4.78, 5) is 0.0612. The highest BCUT2D eigenvalue weighted by Gasteiger charge is 2.17. The second-order valence-corrected chi connectivity index (χ2v) is 7.26. The molecule has 0 amide bonds. The molecule has 5 N–H and O–H groups in total. The minimum Gasteiger partial charge on any atom is -0.399 e. The van der Waals surface area contributed by atoms with Gasteiger partial charge in [-0.2, -0.15) is 0 Å². The highest BCUT2D eigenvalue weighted by atomic mass is 32.2. The molecule has 9 heteroatoms. The molecular weight excluding hydrogens is 278 g/mol. The number of nitrogens with one attached hydrogen (secondary N) is 1. The van der Waals surface area contributed by atoms with Crippen LogP contribution in [-0.4, -0.2) is 29.1 Å². The summed E-state index contributed by atoms with van der Waals surface area (Å²) in [7, 11) is -7.45. The van der Waals surface area contributed by atoms with Crippen LogP contribution in [0.4, 0.5) is 5.69 Å². The molecule has 0 fully saturated rings. The Balaban J connectivity index is 2.87. The van der Waals surface area contributed by atoms with E-state index < -0.39 is 25.8 Å². The lowest BCUT2D eigenvalue weighted by molar-refractivity contribution is 0.581. The number of rotatable bonds is 5. The van der Waals surface area contributed by atoms with Gasteiger partial charge in [-0.1, -0.05) is 0 Å². The van der Waals surface area contributed by atoms with Crippen molar-refractivity contribution in [3.05, 3.63) is 23.8 Å². The molecule has 0 spiro atoms. The fraction of sp³-hybridized carbons (Fsp3) is 0.333. The maximum Gasteiger partial charge on any atom is 0.240 e. The first kappa shape index (κ1) is 14.9. The number of anilines is 1. The number of primary sulfonamides is 1. The highest BCUT2D eigenvalue weighted by molar-refractivity contribution is 7.90. The second-order valence-electron chi connectivity index (χ2n) is 3.79. The van der Waals surface area contributed by atoms with Crippen LogP contribution in [0, 0.1) is 6.92 Å². The molecule has 102 valence electrons. The van der Waals surface area contributed by atoms with Gasteiger partial charge in [0, 0.05) is 12.2 Å². The fourth-order valence-electron chi connectivity index (χ4n) is 1.37. The third-order valence-corrected chi connectivity index (χ3v) is 4.56. The van der Waals surface area contributed by atoms with E-state index >= 15 is 0 Å². The van der Waals surface area contributed by atoms with Crippen LogP contribution in [0.25, 0.3) is 0 Å². The van der Waals surface area contributed by atoms with Crippen LogP contribution in [0.15, 0.2) is 23.1 Å². The van der Waals surface area contributed by atoms with E-state index in [1.807, 2.05) is 0 Å². The lowest BCUT2D eigenvalue weighted by atomic mass is 10.2. The van der Waals surface area contributed by atoms with E-state index in [-0.39, 0.29) is 11.4 Å². The summed E-state index contributed by atoms with van der Waals surface area (Å²) in [6, 6.07) is 4.35. The molecule has 7 nitrogen and oxygen atoms in total. The normalized spacial score (nSPS) is 12.6. The lowest BCUT2D eigenvalue weighted by Crippen LogP contribution is -2.31. The standard InChI is InChI=1S/C9H15N3O4S2/c1-7-6-8(10)2-3-9(7)18(15,16)12-4-5-17(11,13)14/h2-3,6,12H,4-5,10H2,1H3,(H2,11,13,14). The van der Waals surface area contributed by atoms with Gasteiger partial charge in [0.2, 0.25) is 20.0 Å². The molecular formula is C9H15N3O4S2. The van der Waals surface area contributed by atoms with Crippen molar-refractivity contribution in [3.63, 3.8) is 0 Å². The second kappa shape index (κ2) is 5.22. The first-order chi connectivity index (χ1) is 8.12. The first-order valence-corrected chi connectivity index (χ1v) is 8.18. The number of aryl methyl sites for hydroxylation is 1. The van der Waals surface area contributed by atoms with Crippen LogP contribution in [0.2, 0.25) is 0 Å². The zero-order chi connectivity index (χ0) is 14.0. The third kappa shape index (κ3) is 4.26. The zero-order valence-electron chi connectivity index (χ0n) is 9.75. The molecule has 0 saturated carbocycles. The van der Waals surface area contributed by atoms with Crippen LogP contribution in [0.5, 0.6) is 0 Å². The monoisotopic (exact) mass is 293 g/mol. The van der Waals surface area contributed by atoms with Crippen molar-refractivity contribution in [3.8, 4) is 0 Å². The predicted molar refractivity (Wildman–Crippen MR) is 68.8 cm³/mol. The molecule has 1 aromatic rings. The summed E-state index contributed by atoms with van der Waals surface area (Å²) in [6.07, 6.45) is 0. The van der Waals surface area contributed by atoms with Crippen molar-refractivity contribution in [2.24, 2.45) is 5.14 Å². The number of benzene rings is 1. The van der Waals surface area contributed by atoms with E-state index in [1.54, 1.807) is 6.92 Å². The van der Waals surface area contributed by atoms with E-state index in [9.17, 15) is 16.8 Å². The number of hydrogen-bond acceptors (Lipinski definition) is 5. The number of nitrogen functional groups attached to an aromatic ring is 1. The molecule has 1 aromatic carbocycles. The van der Waals surface area contributed by atoms with Crippen LogP contribution >= 0.6 is 0 Å². The van der Waals surface area contributed by atoms with Gasteiger partial charge in [-0.25, -0.2) is 26.7 Å². The van der Waals surface area contributed by atoms with Gasteiger partial charge in [0.25, 0.3) is 0 Å². The van der Waals surface area contributed by atoms with Crippen molar-refractivity contribution in [1.82, 2.24) is 4.72 Å². The fourth-order valence-corrected chi connectivity index (χ4v) is 3.14. The SMILES string of the molecule is Cc1cc(N)ccc1S(=O)(=O)NCCS(N)(=O)=O. The lowest BCUT2D eigenvalue weighted by Gasteiger charge is -2.09. The molecule has 0 aliphatic heterocycles. The molecule has 0 heterocycles. The molecule has 0 aliphatic carbocycles. The Hall–Kier alpha value is -1.16. The number of nitrogens with two attached hydrogens (primary N) is 2. The summed E-state index contributed by atoms with van der Waals surface area (Å²) < 4.78 is 47.3. The van der Waals surface area contributed by atoms with Gasteiger partial charge in [0.15, 0.2) is 0 Å². The predicted octanol–water partition coefficient (Wildman–Crippen LogP) is -0.856. The van der Waals surface area contributed by atoms with Crippen molar-refractivity contribution >= 4 is 25.7 Å². The van der Waals surface area contributed by atoms with Crippen LogP contribution in [0.3, 0.4) is 0 Å². The number of hydrogen-bond donors (Lipinski definition) is 3. The van der Waals surface area contributed by atoms with Gasteiger partial charge in [-0.15, -0.1) is 0 Å². The minimum absolute atomic E-state index is 0.0612. The molecule has 0 saturated heterocycles. The maximum absolute atomic E-state index is 11.9. The molecule has 0 bridgehead atoms. The van der Waals surface area contributed by atoms with Gasteiger partial charge in [0.05, 0.1) is 10.6 Å². The van der Waals surface area contributed by atoms with Gasteiger partial charge >= 0.3 is 0 Å². The smallest absolute Gasteiger partial charge is 0.240 e. The van der Waals surface area contributed by atoms with Gasteiger partial charge in [-0.3, -0.25) is 0 Å². The molecule has 18 heavy (non-hydrogen) atoms. The molecule has 0 aliphatic rings. The summed E-state index contributed by atoms with van der Waals surface area (Å²) in [5, 5.41) is 4.77. The van der Waals surface area contributed by atoms with Gasteiger partial charge < -0.3 is 5.73 Å². The van der Waals surface area contributed by atoms with Crippen molar-refractivity contribution in [2.45, 2.75) is 11.8 Å². The average molecular weight is 293 g/mol. The van der Waals surface area contributed by atoms with Crippen LogP contribution in [0.1, 0.15) is 5.56 Å². The van der Waals surface area contributed by atoms with E-state index in [1.165, 1.54) is 18.2 Å². The summed E-state index contributed by atoms with van der Waals surface area (Å²) in [6.45, 7) is 1.33. The Kier molecular flexibility index (Phi) is 4.32. The summed E-state index contributed by atoms with van der Waals surface area (Å²) >= 11 is 0. The highest BCUT2D eigenvalue weighted by Crippen LogP contribution is 2.17. The van der Waals surface area contributed by atoms with Gasteiger partial charge in [0.1, 0.15) is 0 Å². The van der Waals surface area contributed by atoms with Crippen molar-refractivity contribution < 1.29 is 16.8 Å². The van der Waals surface area contributed by atoms with Crippen LogP contribution in [-0.2, 0) is 20.0 Å². The topological polar surface area (TPSA) is 132 Å². The molecule has 0 unspecified atom stereocenters. The van der Waals surface area contributed by atoms with E-state index in [2.05, 4.69) is 4.72 Å². The minimum atomic E-state index is -3.76. The quantitative estimate of drug-likeness (QED) is 0.608. The molecule has 1 rings (SSSR count). The number of sulfonamides is 2. The van der Waals surface area contributed by atoms with Crippen molar-refractivity contribution in [1.29, 1.82) is 0 Å². The summed E-state index contributed by atoms with van der Waals surface area (Å²) in [5.74, 6) is -0.458. The largest absolute Gasteiger partial charge is 0.399 e. The van der Waals surface area contributed by atoms with Crippen LogP contribution < -0.4 is 15.6 Å². The Morgan fingerprint density at radius 1 is 1.22 bits per heavy atom. The Bertz CT molecular complexity index is 638. The zero-order valence-corrected chi connectivity index (χ0v) is 11.4. The average Bonchev–Trinajstić information content (AvgIpc) is 2.13. The maximum atomic E-state index is 11.9. The summed E-state index contributed by atoms with van der Waals surface area (Å²) in [5.41, 5.74) is 6.46. The van der Waals surface area contributed by atoms with E-state index in [4.69, 9.17) is 10.9 Å². The Labute approximate surface area is 106 Å². The molecule has 0 atom stereocenters. The van der Waals surface area contributed by atoms with E-state index in [0.29, 0.717) is 11.3 Å². The van der Waals surface area contributed by atoms with Gasteiger partial charge in [-0.05, 0) is 30.7 Å². The Morgan fingerprint density at radius 3 is 2.33 bits per heavy atom. The van der Waals surface area contributed by atoms with Crippen molar-refractivity contribution in [2.75, 3.05) is 18.0 Å². The molecule has 0 aromatic heterocycles. The first-order valence-electron chi connectivity index (χ1n) is 4.98. The Morgan fingerprint density at radius 2 is 1.83 bits per heavy atom. The van der Waals surface area contributed by atoms with E-state index in [0.717, 1.165) is 0 Å². The molecule has 0 radical (unpaired) electrons.